The van der Waals surface area contributed by atoms with E-state index in [-0.39, 0.29) is 11.2 Å². The van der Waals surface area contributed by atoms with E-state index in [0.29, 0.717) is 22.3 Å². The van der Waals surface area contributed by atoms with Gasteiger partial charge in [0.1, 0.15) is 11.5 Å². The topological polar surface area (TPSA) is 71.6 Å². The van der Waals surface area contributed by atoms with Gasteiger partial charge >= 0.3 is 0 Å². The Morgan fingerprint density at radius 2 is 1.64 bits per heavy atom. The Hall–Kier alpha value is -3.23. The normalized spacial score (nSPS) is 11.3. The van der Waals surface area contributed by atoms with Crippen LogP contribution in [0.25, 0.3) is 0 Å². The van der Waals surface area contributed by atoms with E-state index in [1.807, 2.05) is 62.4 Å². The summed E-state index contributed by atoms with van der Waals surface area (Å²) in [4.78, 5) is 13.7. The van der Waals surface area contributed by atoms with Crippen LogP contribution in [0.5, 0.6) is 11.5 Å². The molecule has 3 aromatic rings. The second-order valence-electron chi connectivity index (χ2n) is 7.29. The van der Waals surface area contributed by atoms with Crippen LogP contribution < -0.4 is 25.4 Å². The molecule has 0 bridgehead atoms. The molecule has 1 unspecified atom stereocenters. The fraction of sp³-hybridized carbons (Fsp3) is 0.200. The number of amides is 1. The van der Waals surface area contributed by atoms with Crippen LogP contribution in [0.3, 0.4) is 0 Å². The van der Waals surface area contributed by atoms with Crippen molar-refractivity contribution < 1.29 is 14.3 Å². The van der Waals surface area contributed by atoms with Gasteiger partial charge in [0, 0.05) is 22.3 Å². The molecule has 172 valence electrons. The summed E-state index contributed by atoms with van der Waals surface area (Å²) >= 11 is 6.88. The monoisotopic (exact) mass is 481 g/mol. The third-order valence-electron chi connectivity index (χ3n) is 4.75. The van der Waals surface area contributed by atoms with Crippen molar-refractivity contribution >= 4 is 52.1 Å². The van der Waals surface area contributed by atoms with Crippen molar-refractivity contribution in [3.63, 3.8) is 0 Å². The zero-order valence-electron chi connectivity index (χ0n) is 19.0. The first-order valence-electron chi connectivity index (χ1n) is 10.3. The molecule has 0 aliphatic rings. The van der Waals surface area contributed by atoms with Crippen LogP contribution in [0.2, 0.25) is 0 Å². The number of rotatable bonds is 8. The summed E-state index contributed by atoms with van der Waals surface area (Å²) in [5.41, 5.74) is 3.54. The van der Waals surface area contributed by atoms with Gasteiger partial charge in [-0.3, -0.25) is 4.79 Å². The summed E-state index contributed by atoms with van der Waals surface area (Å²) in [6.07, 6.45) is 0. The third kappa shape index (κ3) is 7.13. The summed E-state index contributed by atoms with van der Waals surface area (Å²) in [7, 11) is 3.14. The highest BCUT2D eigenvalue weighted by Crippen LogP contribution is 2.31. The summed E-state index contributed by atoms with van der Waals surface area (Å²) in [6, 6.07) is 21.1. The predicted molar refractivity (Wildman–Crippen MR) is 141 cm³/mol. The molecular weight excluding hydrogens is 454 g/mol. The van der Waals surface area contributed by atoms with Gasteiger partial charge in [-0.1, -0.05) is 23.8 Å². The lowest BCUT2D eigenvalue weighted by Gasteiger charge is -2.16. The molecule has 8 heteroatoms. The second-order valence-corrected chi connectivity index (χ2v) is 9.11. The van der Waals surface area contributed by atoms with Gasteiger partial charge in [-0.05, 0) is 68.5 Å². The van der Waals surface area contributed by atoms with Crippen LogP contribution in [0.15, 0.2) is 71.6 Å². The van der Waals surface area contributed by atoms with Gasteiger partial charge in [0.25, 0.3) is 0 Å². The van der Waals surface area contributed by atoms with E-state index < -0.39 is 0 Å². The number of hydrogen-bond donors (Lipinski definition) is 3. The highest BCUT2D eigenvalue weighted by Gasteiger charge is 2.17. The van der Waals surface area contributed by atoms with Crippen molar-refractivity contribution in [2.45, 2.75) is 24.0 Å². The number of thioether (sulfide) groups is 1. The Balaban J connectivity index is 1.59. The average molecular weight is 482 g/mol. The first-order chi connectivity index (χ1) is 15.9. The fourth-order valence-corrected chi connectivity index (χ4v) is 4.13. The molecule has 33 heavy (non-hydrogen) atoms. The molecule has 0 heterocycles. The maximum Gasteiger partial charge on any atom is 0.237 e. The zero-order chi connectivity index (χ0) is 23.8. The smallest absolute Gasteiger partial charge is 0.237 e. The van der Waals surface area contributed by atoms with E-state index in [0.717, 1.165) is 16.3 Å². The Bertz CT molecular complexity index is 1120. The molecule has 3 aromatic carbocycles. The fourth-order valence-electron chi connectivity index (χ4n) is 2.97. The number of benzene rings is 3. The van der Waals surface area contributed by atoms with E-state index in [1.165, 1.54) is 17.3 Å². The molecule has 0 radical (unpaired) electrons. The maximum atomic E-state index is 12.8. The second kappa shape index (κ2) is 11.6. The van der Waals surface area contributed by atoms with E-state index in [4.69, 9.17) is 21.7 Å². The Labute approximate surface area is 204 Å². The van der Waals surface area contributed by atoms with Gasteiger partial charge in [-0.25, -0.2) is 0 Å². The van der Waals surface area contributed by atoms with Crippen molar-refractivity contribution in [3.05, 3.63) is 72.3 Å². The Kier molecular flexibility index (Phi) is 8.57. The molecule has 0 saturated carbocycles. The van der Waals surface area contributed by atoms with Gasteiger partial charge < -0.3 is 25.4 Å². The largest absolute Gasteiger partial charge is 0.497 e. The average Bonchev–Trinajstić information content (AvgIpc) is 2.81. The lowest BCUT2D eigenvalue weighted by atomic mass is 10.2. The lowest BCUT2D eigenvalue weighted by molar-refractivity contribution is -0.115. The minimum Gasteiger partial charge on any atom is -0.497 e. The van der Waals surface area contributed by atoms with E-state index in [1.54, 1.807) is 32.4 Å². The molecule has 0 aliphatic heterocycles. The summed E-state index contributed by atoms with van der Waals surface area (Å²) in [5.74, 6) is 1.07. The number of hydrogen-bond acceptors (Lipinski definition) is 5. The number of thiocarbonyl (C=S) groups is 1. The van der Waals surface area contributed by atoms with Crippen molar-refractivity contribution in [1.82, 2.24) is 0 Å². The molecule has 1 atom stereocenters. The van der Waals surface area contributed by atoms with Gasteiger partial charge in [0.2, 0.25) is 5.91 Å². The summed E-state index contributed by atoms with van der Waals surface area (Å²) in [5, 5.41) is 9.46. The van der Waals surface area contributed by atoms with Crippen LogP contribution in [0, 0.1) is 6.92 Å². The Morgan fingerprint density at radius 3 is 2.33 bits per heavy atom. The SMILES string of the molecule is COc1ccc(NC(=O)C(C)Sc2cccc(NC(=S)Nc3ccc(C)cc3)c2)c(OC)c1. The predicted octanol–water partition coefficient (Wildman–Crippen LogP) is 5.94. The summed E-state index contributed by atoms with van der Waals surface area (Å²) in [6.45, 7) is 3.90. The minimum absolute atomic E-state index is 0.126. The molecule has 0 saturated heterocycles. The first kappa shape index (κ1) is 24.4. The minimum atomic E-state index is -0.329. The number of methoxy groups -OCH3 is 2. The van der Waals surface area contributed by atoms with Crippen LogP contribution in [-0.2, 0) is 4.79 Å². The van der Waals surface area contributed by atoms with Crippen molar-refractivity contribution in [3.8, 4) is 11.5 Å². The molecule has 3 N–H and O–H groups in total. The highest BCUT2D eigenvalue weighted by atomic mass is 32.2. The summed E-state index contributed by atoms with van der Waals surface area (Å²) < 4.78 is 10.6. The first-order valence-corrected chi connectivity index (χ1v) is 11.6. The number of nitrogens with one attached hydrogen (secondary N) is 3. The van der Waals surface area contributed by atoms with Gasteiger partial charge in [0.05, 0.1) is 25.2 Å². The van der Waals surface area contributed by atoms with Crippen molar-refractivity contribution in [2.75, 3.05) is 30.2 Å². The molecule has 0 fully saturated rings. The molecule has 0 spiro atoms. The Morgan fingerprint density at radius 1 is 0.909 bits per heavy atom. The standard InChI is InChI=1S/C25H27N3O3S2/c1-16-8-10-18(11-9-16)26-25(32)27-19-6-5-7-21(14-19)33-17(2)24(29)28-22-13-12-20(30-3)15-23(22)31-4/h5-15,17H,1-4H3,(H,28,29)(H2,26,27,32). The zero-order valence-corrected chi connectivity index (χ0v) is 20.6. The van der Waals surface area contributed by atoms with Crippen molar-refractivity contribution in [1.29, 1.82) is 0 Å². The maximum absolute atomic E-state index is 12.8. The number of aryl methyl sites for hydroxylation is 1. The van der Waals surface area contributed by atoms with E-state index in [9.17, 15) is 4.79 Å². The molecule has 0 aromatic heterocycles. The van der Waals surface area contributed by atoms with Gasteiger partial charge in [-0.2, -0.15) is 0 Å². The van der Waals surface area contributed by atoms with Crippen molar-refractivity contribution in [2.24, 2.45) is 0 Å². The lowest BCUT2D eigenvalue weighted by Crippen LogP contribution is -2.22. The van der Waals surface area contributed by atoms with E-state index >= 15 is 0 Å². The quantitative estimate of drug-likeness (QED) is 0.272. The van der Waals surface area contributed by atoms with Crippen LogP contribution in [-0.4, -0.2) is 30.5 Å². The molecule has 1 amide bonds. The van der Waals surface area contributed by atoms with Gasteiger partial charge in [-0.15, -0.1) is 11.8 Å². The van der Waals surface area contributed by atoms with E-state index in [2.05, 4.69) is 16.0 Å². The number of carbonyl (C=O) groups is 1. The number of ether oxygens (including phenoxy) is 2. The van der Waals surface area contributed by atoms with Gasteiger partial charge in [0.15, 0.2) is 5.11 Å². The number of carbonyl (C=O) groups excluding carboxylic acids is 1. The van der Waals surface area contributed by atoms with Crippen LogP contribution in [0.1, 0.15) is 12.5 Å². The molecular formula is C25H27N3O3S2. The highest BCUT2D eigenvalue weighted by molar-refractivity contribution is 8.00. The molecule has 3 rings (SSSR count). The van der Waals surface area contributed by atoms with Crippen LogP contribution >= 0.6 is 24.0 Å². The molecule has 6 nitrogen and oxygen atoms in total. The third-order valence-corrected chi connectivity index (χ3v) is 6.05. The number of anilines is 3. The molecule has 0 aliphatic carbocycles. The van der Waals surface area contributed by atoms with Crippen LogP contribution in [0.4, 0.5) is 17.1 Å².